The number of carboxylic acids is 1. The Morgan fingerprint density at radius 1 is 1.05 bits per heavy atom. The van der Waals surface area contributed by atoms with E-state index in [0.29, 0.717) is 40.8 Å². The van der Waals surface area contributed by atoms with E-state index in [2.05, 4.69) is 32.4 Å². The van der Waals surface area contributed by atoms with Gasteiger partial charge in [0.15, 0.2) is 17.5 Å². The number of nitrogens with zero attached hydrogens (tertiary/aromatic N) is 3. The number of rotatable bonds is 12. The second-order valence-corrected chi connectivity index (χ2v) is 11.3. The number of benzene rings is 2. The number of oxazole rings is 1. The number of hydrogen-bond donors (Lipinski definition) is 3. The molecule has 1 fully saturated rings. The minimum Gasteiger partial charge on any atom is -0.481 e. The van der Waals surface area contributed by atoms with Crippen molar-refractivity contribution in [3.05, 3.63) is 93.9 Å². The molecule has 3 heterocycles. The van der Waals surface area contributed by atoms with E-state index >= 15 is 0 Å². The van der Waals surface area contributed by atoms with Crippen LogP contribution < -0.4 is 5.32 Å². The van der Waals surface area contributed by atoms with Crippen molar-refractivity contribution in [3.8, 4) is 11.3 Å². The maximum Gasteiger partial charge on any atom is 0.305 e. The van der Waals surface area contributed by atoms with E-state index in [-0.39, 0.29) is 30.5 Å². The zero-order valence-electron chi connectivity index (χ0n) is 23.3. The Hall–Kier alpha value is -4.15. The zero-order chi connectivity index (χ0) is 30.3. The lowest BCUT2D eigenvalue weighted by atomic mass is 10.1. The highest BCUT2D eigenvalue weighted by molar-refractivity contribution is 6.39. The van der Waals surface area contributed by atoms with Gasteiger partial charge in [-0.25, -0.2) is 9.97 Å². The third kappa shape index (κ3) is 7.63. The Balaban J connectivity index is 1.21. The number of aromatic amines is 1. The van der Waals surface area contributed by atoms with Gasteiger partial charge in [0.2, 0.25) is 5.91 Å². The molecule has 0 bridgehead atoms. The summed E-state index contributed by atoms with van der Waals surface area (Å²) in [7, 11) is 0. The predicted octanol–water partition coefficient (Wildman–Crippen LogP) is 5.35. The van der Waals surface area contributed by atoms with Gasteiger partial charge in [0.05, 0.1) is 28.2 Å². The fraction of sp³-hybridized carbons (Fsp3) is 0.323. The van der Waals surface area contributed by atoms with Crippen LogP contribution in [-0.2, 0) is 28.9 Å². The van der Waals surface area contributed by atoms with Crippen LogP contribution in [-0.4, -0.2) is 61.4 Å². The quantitative estimate of drug-likeness (QED) is 0.193. The van der Waals surface area contributed by atoms with Crippen LogP contribution in [0.3, 0.4) is 0 Å². The van der Waals surface area contributed by atoms with Gasteiger partial charge < -0.3 is 24.7 Å². The molecule has 3 N–H and O–H groups in total. The van der Waals surface area contributed by atoms with Crippen molar-refractivity contribution in [1.82, 2.24) is 25.2 Å². The average molecular weight is 625 g/mol. The lowest BCUT2D eigenvalue weighted by Gasteiger charge is -2.25. The van der Waals surface area contributed by atoms with Gasteiger partial charge in [-0.05, 0) is 49.8 Å². The number of aryl methyl sites for hydroxylation is 2. The molecule has 2 atom stereocenters. The molecule has 0 aliphatic carbocycles. The van der Waals surface area contributed by atoms with Crippen molar-refractivity contribution < 1.29 is 23.9 Å². The predicted molar refractivity (Wildman–Crippen MR) is 161 cm³/mol. The Morgan fingerprint density at radius 2 is 1.81 bits per heavy atom. The fourth-order valence-corrected chi connectivity index (χ4v) is 5.87. The number of aromatic nitrogens is 3. The van der Waals surface area contributed by atoms with Crippen LogP contribution in [0.15, 0.2) is 65.3 Å². The molecule has 2 aromatic heterocycles. The molecule has 1 saturated heterocycles. The summed E-state index contributed by atoms with van der Waals surface area (Å²) in [4.78, 5) is 51.4. The Labute approximate surface area is 258 Å². The highest BCUT2D eigenvalue weighted by Crippen LogP contribution is 2.35. The zero-order valence-corrected chi connectivity index (χ0v) is 24.8. The molecule has 0 unspecified atom stereocenters. The normalized spacial score (nSPS) is 15.4. The van der Waals surface area contributed by atoms with Gasteiger partial charge in [-0.3, -0.25) is 14.4 Å². The van der Waals surface area contributed by atoms with Crippen LogP contribution >= 0.6 is 23.2 Å². The summed E-state index contributed by atoms with van der Waals surface area (Å²) < 4.78 is 5.82. The van der Waals surface area contributed by atoms with Crippen LogP contribution in [0.4, 0.5) is 0 Å². The van der Waals surface area contributed by atoms with E-state index in [1.807, 2.05) is 18.2 Å². The summed E-state index contributed by atoms with van der Waals surface area (Å²) in [6.07, 6.45) is 6.42. The summed E-state index contributed by atoms with van der Waals surface area (Å²) in [6, 6.07) is 13.6. The lowest BCUT2D eigenvalue weighted by molar-refractivity contribution is -0.137. The number of nitrogens with one attached hydrogen (secondary N) is 2. The minimum absolute atomic E-state index is 0.0192. The van der Waals surface area contributed by atoms with Crippen molar-refractivity contribution in [2.45, 2.75) is 57.0 Å². The van der Waals surface area contributed by atoms with Gasteiger partial charge in [0.1, 0.15) is 6.04 Å². The maximum atomic E-state index is 13.4. The molecule has 0 spiro atoms. The number of carbonyl (C=O) groups excluding carboxylic acids is 2. The molecule has 4 aromatic rings. The molecular weight excluding hydrogens is 593 g/mol. The van der Waals surface area contributed by atoms with Gasteiger partial charge in [0, 0.05) is 30.9 Å². The number of carbonyl (C=O) groups is 3. The van der Waals surface area contributed by atoms with Gasteiger partial charge in [-0.1, -0.05) is 59.6 Å². The SMILES string of the molecule is O=C(O)C[C@@H](Cc1ncc(-c2c(Cl)cccc2Cl)o1)NC(=O)[C@@H]1CCCN1C(=O)c1ncc(CCCc2ccccc2)[nH]1. The number of amides is 2. The molecule has 0 saturated carbocycles. The molecule has 1 aliphatic heterocycles. The molecule has 43 heavy (non-hydrogen) atoms. The number of likely N-dealkylation sites (tertiary alicyclic amines) is 1. The van der Waals surface area contributed by atoms with Gasteiger partial charge in [0.25, 0.3) is 5.91 Å². The first-order valence-corrected chi connectivity index (χ1v) is 14.8. The monoisotopic (exact) mass is 623 g/mol. The number of carboxylic acid groups (broad SMARTS) is 1. The van der Waals surface area contributed by atoms with E-state index in [9.17, 15) is 19.5 Å². The molecular formula is C31H31Cl2N5O5. The summed E-state index contributed by atoms with van der Waals surface area (Å²) in [5, 5.41) is 13.1. The van der Waals surface area contributed by atoms with E-state index in [1.165, 1.54) is 16.7 Å². The van der Waals surface area contributed by atoms with Gasteiger partial charge in [-0.2, -0.15) is 0 Å². The van der Waals surface area contributed by atoms with Gasteiger partial charge in [-0.15, -0.1) is 0 Å². The van der Waals surface area contributed by atoms with Crippen LogP contribution in [0, 0.1) is 0 Å². The highest BCUT2D eigenvalue weighted by Gasteiger charge is 2.36. The molecule has 2 aromatic carbocycles. The van der Waals surface area contributed by atoms with Crippen molar-refractivity contribution >= 4 is 41.0 Å². The van der Waals surface area contributed by atoms with E-state index in [4.69, 9.17) is 27.6 Å². The van der Waals surface area contributed by atoms with E-state index in [1.54, 1.807) is 24.4 Å². The van der Waals surface area contributed by atoms with E-state index in [0.717, 1.165) is 25.0 Å². The Kier molecular flexibility index (Phi) is 9.79. The maximum absolute atomic E-state index is 13.4. The molecule has 10 nitrogen and oxygen atoms in total. The second kappa shape index (κ2) is 13.9. The highest BCUT2D eigenvalue weighted by atomic mass is 35.5. The summed E-state index contributed by atoms with van der Waals surface area (Å²) in [5.41, 5.74) is 2.57. The van der Waals surface area contributed by atoms with Crippen molar-refractivity contribution in [3.63, 3.8) is 0 Å². The molecule has 2 amide bonds. The standard InChI is InChI=1S/C31H31Cl2N5O5/c32-22-11-5-12-23(33)28(22)25-18-34-26(43-25)15-21(16-27(39)40)37-30(41)24-13-6-14-38(24)31(42)29-35-17-20(36-29)10-4-9-19-7-2-1-3-8-19/h1-3,5,7-8,11-12,17-18,21,24H,4,6,9-10,13-16H2,(H,35,36)(H,37,41)(H,39,40)/t21-,24+/m1/s1. The Morgan fingerprint density at radius 3 is 2.56 bits per heavy atom. The first kappa shape index (κ1) is 30.3. The number of aliphatic carboxylic acids is 1. The summed E-state index contributed by atoms with van der Waals surface area (Å²) in [5.74, 6) is -1.17. The molecule has 5 rings (SSSR count). The first-order chi connectivity index (χ1) is 20.8. The number of imidazole rings is 1. The summed E-state index contributed by atoms with van der Waals surface area (Å²) in [6.45, 7) is 0.395. The topological polar surface area (TPSA) is 141 Å². The third-order valence-electron chi connectivity index (χ3n) is 7.35. The summed E-state index contributed by atoms with van der Waals surface area (Å²) >= 11 is 12.5. The third-order valence-corrected chi connectivity index (χ3v) is 7.98. The first-order valence-electron chi connectivity index (χ1n) is 14.1. The van der Waals surface area contributed by atoms with E-state index < -0.39 is 24.0 Å². The number of hydrogen-bond acceptors (Lipinski definition) is 6. The second-order valence-electron chi connectivity index (χ2n) is 10.5. The van der Waals surface area contributed by atoms with Crippen LogP contribution in [0.2, 0.25) is 10.0 Å². The minimum atomic E-state index is -1.10. The average Bonchev–Trinajstić information content (AvgIpc) is 3.75. The van der Waals surface area contributed by atoms with Gasteiger partial charge >= 0.3 is 5.97 Å². The number of halogens is 2. The molecule has 1 aliphatic rings. The van der Waals surface area contributed by atoms with Crippen LogP contribution in [0.25, 0.3) is 11.3 Å². The smallest absolute Gasteiger partial charge is 0.305 e. The van der Waals surface area contributed by atoms with Crippen LogP contribution in [0.1, 0.15) is 53.5 Å². The van der Waals surface area contributed by atoms with Crippen molar-refractivity contribution in [2.75, 3.05) is 6.54 Å². The molecule has 224 valence electrons. The largest absolute Gasteiger partial charge is 0.481 e. The fourth-order valence-electron chi connectivity index (χ4n) is 5.29. The Bertz CT molecular complexity index is 1570. The molecule has 0 radical (unpaired) electrons. The van der Waals surface area contributed by atoms with Crippen molar-refractivity contribution in [1.29, 1.82) is 0 Å². The number of H-pyrrole nitrogens is 1. The van der Waals surface area contributed by atoms with Crippen LogP contribution in [0.5, 0.6) is 0 Å². The molecule has 12 heteroatoms. The van der Waals surface area contributed by atoms with Crippen molar-refractivity contribution in [2.24, 2.45) is 0 Å². The lowest BCUT2D eigenvalue weighted by Crippen LogP contribution is -2.50.